The number of nitrogens with one attached hydrogen (secondary N) is 1. The fraction of sp³-hybridized carbons (Fsp3) is 0.269. The zero-order valence-corrected chi connectivity index (χ0v) is 20.3. The molecule has 0 saturated carbocycles. The number of hydrogen-bond acceptors (Lipinski definition) is 6. The van der Waals surface area contributed by atoms with Crippen LogP contribution in [0, 0.1) is 6.92 Å². The van der Waals surface area contributed by atoms with E-state index in [9.17, 15) is 0 Å². The van der Waals surface area contributed by atoms with E-state index in [0.717, 1.165) is 59.7 Å². The molecule has 0 radical (unpaired) electrons. The molecule has 5 rings (SSSR count). The smallest absolute Gasteiger partial charge is 0.166 e. The summed E-state index contributed by atoms with van der Waals surface area (Å²) in [5.74, 6) is 1.89. The number of aromatic amines is 1. The number of nitrogens with zero attached hydrogens (tertiary/aromatic N) is 4. The molecule has 7 heteroatoms. The molecule has 0 aliphatic carbocycles. The van der Waals surface area contributed by atoms with Crippen LogP contribution in [0.5, 0.6) is 0 Å². The maximum atomic E-state index is 4.65. The van der Waals surface area contributed by atoms with Crippen LogP contribution in [0.15, 0.2) is 77.3 Å². The summed E-state index contributed by atoms with van der Waals surface area (Å²) in [6.45, 7) is 5.51. The molecule has 1 N–H and O–H groups in total. The standard InChI is InChI=1S/C26H27N5S2/c1-19-24(18-33-26-29-16-23(30-26)21-6-10-27-11-7-21)28-12-8-25(19)32-15-14-31-13-9-20-4-2-3-5-22(20)17-31/h2-8,10-12,16H,9,13-15,17-18H2,1H3,(H,29,30). The van der Waals surface area contributed by atoms with Crippen molar-refractivity contribution in [3.8, 4) is 11.3 Å². The number of fused-ring (bicyclic) bond motifs is 1. The highest BCUT2D eigenvalue weighted by Crippen LogP contribution is 2.29. The summed E-state index contributed by atoms with van der Waals surface area (Å²) in [4.78, 5) is 20.5. The number of imidazole rings is 1. The molecule has 0 saturated heterocycles. The predicted octanol–water partition coefficient (Wildman–Crippen LogP) is 5.62. The van der Waals surface area contributed by atoms with Gasteiger partial charge in [-0.1, -0.05) is 36.0 Å². The van der Waals surface area contributed by atoms with Gasteiger partial charge in [-0.3, -0.25) is 14.9 Å². The first-order valence-electron chi connectivity index (χ1n) is 11.2. The van der Waals surface area contributed by atoms with Gasteiger partial charge in [0.25, 0.3) is 0 Å². The molecule has 3 aromatic heterocycles. The van der Waals surface area contributed by atoms with Crippen LogP contribution in [0.25, 0.3) is 11.3 Å². The molecule has 168 valence electrons. The number of hydrogen-bond donors (Lipinski definition) is 1. The van der Waals surface area contributed by atoms with Crippen LogP contribution in [0.2, 0.25) is 0 Å². The van der Waals surface area contributed by atoms with E-state index in [1.165, 1.54) is 21.6 Å². The largest absolute Gasteiger partial charge is 0.333 e. The second kappa shape index (κ2) is 10.5. The lowest BCUT2D eigenvalue weighted by Gasteiger charge is -2.28. The van der Waals surface area contributed by atoms with Crippen molar-refractivity contribution >= 4 is 23.5 Å². The molecular weight excluding hydrogens is 446 g/mol. The van der Waals surface area contributed by atoms with Gasteiger partial charge in [0.05, 0.1) is 17.6 Å². The maximum Gasteiger partial charge on any atom is 0.166 e. The van der Waals surface area contributed by atoms with Crippen molar-refractivity contribution in [1.29, 1.82) is 0 Å². The van der Waals surface area contributed by atoms with Gasteiger partial charge in [0, 0.05) is 60.2 Å². The van der Waals surface area contributed by atoms with Crippen LogP contribution in [0.4, 0.5) is 0 Å². The Bertz CT molecular complexity index is 1210. The molecule has 0 bridgehead atoms. The van der Waals surface area contributed by atoms with Crippen LogP contribution < -0.4 is 0 Å². The van der Waals surface area contributed by atoms with Gasteiger partial charge in [0.2, 0.25) is 0 Å². The zero-order chi connectivity index (χ0) is 22.5. The highest BCUT2D eigenvalue weighted by atomic mass is 32.2. The SMILES string of the molecule is Cc1c(SCCN2CCc3ccccc3C2)ccnc1CSc1ncc(-c2ccncc2)[nH]1. The Balaban J connectivity index is 1.15. The molecule has 1 aromatic carbocycles. The average molecular weight is 474 g/mol. The van der Waals surface area contributed by atoms with Crippen molar-refractivity contribution in [3.05, 3.63) is 89.6 Å². The Morgan fingerprint density at radius 2 is 1.82 bits per heavy atom. The Kier molecular flexibility index (Phi) is 7.09. The summed E-state index contributed by atoms with van der Waals surface area (Å²) in [5, 5.41) is 0.909. The van der Waals surface area contributed by atoms with E-state index in [2.05, 4.69) is 62.1 Å². The van der Waals surface area contributed by atoms with Gasteiger partial charge in [-0.05, 0) is 48.2 Å². The second-order valence-electron chi connectivity index (χ2n) is 8.15. The van der Waals surface area contributed by atoms with Gasteiger partial charge in [0.15, 0.2) is 5.16 Å². The van der Waals surface area contributed by atoms with Crippen LogP contribution in [0.1, 0.15) is 22.4 Å². The molecule has 0 spiro atoms. The maximum absolute atomic E-state index is 4.65. The van der Waals surface area contributed by atoms with Crippen molar-refractivity contribution in [3.63, 3.8) is 0 Å². The van der Waals surface area contributed by atoms with E-state index in [4.69, 9.17) is 0 Å². The molecule has 0 unspecified atom stereocenters. The van der Waals surface area contributed by atoms with Gasteiger partial charge in [-0.15, -0.1) is 11.8 Å². The quantitative estimate of drug-likeness (QED) is 0.335. The molecule has 1 aliphatic heterocycles. The minimum Gasteiger partial charge on any atom is -0.333 e. The lowest BCUT2D eigenvalue weighted by molar-refractivity contribution is 0.270. The minimum atomic E-state index is 0.798. The van der Waals surface area contributed by atoms with Crippen molar-refractivity contribution in [2.45, 2.75) is 35.7 Å². The van der Waals surface area contributed by atoms with Gasteiger partial charge < -0.3 is 4.98 Å². The predicted molar refractivity (Wildman–Crippen MR) is 137 cm³/mol. The number of pyridine rings is 2. The third-order valence-electron chi connectivity index (χ3n) is 6.02. The van der Waals surface area contributed by atoms with Crippen LogP contribution in [-0.2, 0) is 18.7 Å². The first-order valence-corrected chi connectivity index (χ1v) is 13.2. The number of thioether (sulfide) groups is 2. The summed E-state index contributed by atoms with van der Waals surface area (Å²) in [7, 11) is 0. The van der Waals surface area contributed by atoms with Crippen LogP contribution >= 0.6 is 23.5 Å². The van der Waals surface area contributed by atoms with E-state index in [0.29, 0.717) is 0 Å². The van der Waals surface area contributed by atoms with Crippen LogP contribution in [-0.4, -0.2) is 43.7 Å². The number of H-pyrrole nitrogens is 1. The van der Waals surface area contributed by atoms with Crippen molar-refractivity contribution in [2.75, 3.05) is 18.8 Å². The van der Waals surface area contributed by atoms with E-state index in [1.807, 2.05) is 36.3 Å². The van der Waals surface area contributed by atoms with Gasteiger partial charge in [-0.25, -0.2) is 4.98 Å². The number of benzene rings is 1. The van der Waals surface area contributed by atoms with Gasteiger partial charge >= 0.3 is 0 Å². The lowest BCUT2D eigenvalue weighted by Crippen LogP contribution is -2.32. The van der Waals surface area contributed by atoms with Gasteiger partial charge in [0.1, 0.15) is 0 Å². The molecule has 0 fully saturated rings. The third kappa shape index (κ3) is 5.49. The number of rotatable bonds is 8. The fourth-order valence-corrected chi connectivity index (χ4v) is 6.02. The normalized spacial score (nSPS) is 13.7. The van der Waals surface area contributed by atoms with Crippen molar-refractivity contribution in [1.82, 2.24) is 24.8 Å². The highest BCUT2D eigenvalue weighted by Gasteiger charge is 2.15. The Hall–Kier alpha value is -2.61. The van der Waals surface area contributed by atoms with Crippen LogP contribution in [0.3, 0.4) is 0 Å². The molecule has 33 heavy (non-hydrogen) atoms. The van der Waals surface area contributed by atoms with E-state index in [-0.39, 0.29) is 0 Å². The van der Waals surface area contributed by atoms with E-state index in [1.54, 1.807) is 24.2 Å². The highest BCUT2D eigenvalue weighted by molar-refractivity contribution is 7.99. The third-order valence-corrected chi connectivity index (χ3v) is 8.06. The summed E-state index contributed by atoms with van der Waals surface area (Å²) >= 11 is 3.63. The topological polar surface area (TPSA) is 57.7 Å². The minimum absolute atomic E-state index is 0.798. The first kappa shape index (κ1) is 22.2. The fourth-order valence-electron chi connectivity index (χ4n) is 4.08. The van der Waals surface area contributed by atoms with Crippen molar-refractivity contribution < 1.29 is 0 Å². The molecule has 4 aromatic rings. The average Bonchev–Trinajstić information content (AvgIpc) is 3.34. The molecule has 0 amide bonds. The molecule has 5 nitrogen and oxygen atoms in total. The van der Waals surface area contributed by atoms with Crippen molar-refractivity contribution in [2.24, 2.45) is 0 Å². The Morgan fingerprint density at radius 3 is 2.70 bits per heavy atom. The summed E-state index contributed by atoms with van der Waals surface area (Å²) in [6, 6.07) is 15.0. The molecular formula is C26H27N5S2. The Labute approximate surface area is 203 Å². The summed E-state index contributed by atoms with van der Waals surface area (Å²) in [6.07, 6.45) is 8.56. The van der Waals surface area contributed by atoms with Gasteiger partial charge in [-0.2, -0.15) is 0 Å². The summed E-state index contributed by atoms with van der Waals surface area (Å²) in [5.41, 5.74) is 7.50. The lowest BCUT2D eigenvalue weighted by atomic mass is 10.0. The number of aromatic nitrogens is 4. The van der Waals surface area contributed by atoms with E-state index >= 15 is 0 Å². The van der Waals surface area contributed by atoms with E-state index < -0.39 is 0 Å². The monoisotopic (exact) mass is 473 g/mol. The zero-order valence-electron chi connectivity index (χ0n) is 18.7. The Morgan fingerprint density at radius 1 is 0.970 bits per heavy atom. The first-order chi connectivity index (χ1) is 16.3. The molecule has 4 heterocycles. The molecule has 1 aliphatic rings. The second-order valence-corrected chi connectivity index (χ2v) is 10.3. The molecule has 0 atom stereocenters. The summed E-state index contributed by atoms with van der Waals surface area (Å²) < 4.78 is 0.